The number of piperidine rings is 2. The molecule has 2 aliphatic carbocycles. The van der Waals surface area contributed by atoms with Gasteiger partial charge in [-0.3, -0.25) is 39.2 Å². The van der Waals surface area contributed by atoms with Gasteiger partial charge in [-0.15, -0.1) is 11.8 Å². The van der Waals surface area contributed by atoms with E-state index in [2.05, 4.69) is 368 Å². The molecule has 0 aromatic carbocycles. The Morgan fingerprint density at radius 3 is 1.09 bits per heavy atom. The Balaban J connectivity index is -0.000000186. The summed E-state index contributed by atoms with van der Waals surface area (Å²) in [5.74, 6) is 7.30. The molecule has 12 atom stereocenters. The van der Waals surface area contributed by atoms with Gasteiger partial charge in [0.1, 0.15) is 0 Å². The summed E-state index contributed by atoms with van der Waals surface area (Å²) in [6, 6.07) is 8.33. The van der Waals surface area contributed by atoms with E-state index in [0.29, 0.717) is 66.7 Å². The van der Waals surface area contributed by atoms with Crippen LogP contribution in [0.25, 0.3) is 0 Å². The van der Waals surface area contributed by atoms with Crippen molar-refractivity contribution in [2.75, 3.05) is 57.7 Å². The number of ether oxygens (including phenoxy) is 1. The Morgan fingerprint density at radius 1 is 0.351 bits per heavy atom. The number of nitrogens with zero attached hydrogens (tertiary/aromatic N) is 8. The molecule has 10 aliphatic rings. The maximum atomic E-state index is 5.55. The molecule has 0 N–H and O–H groups in total. The molecular weight excluding hydrogens is 1410 g/mol. The fourth-order valence-electron chi connectivity index (χ4n) is 19.5. The predicted octanol–water partition coefficient (Wildman–Crippen LogP) is 30.7. The van der Waals surface area contributed by atoms with E-state index in [1.165, 1.54) is 108 Å². The summed E-state index contributed by atoms with van der Waals surface area (Å²) < 4.78 is 5.55. The first-order chi connectivity index (χ1) is 46.6. The van der Waals surface area contributed by atoms with Gasteiger partial charge in [0, 0.05) is 131 Å². The minimum atomic E-state index is 0. The average Bonchev–Trinajstić information content (AvgIpc) is 1.54. The highest BCUT2D eigenvalue weighted by atomic mass is 32.2. The van der Waals surface area contributed by atoms with Crippen LogP contribution in [-0.4, -0.2) is 197 Å². The lowest BCUT2D eigenvalue weighted by Crippen LogP contribution is -2.61. The van der Waals surface area contributed by atoms with E-state index < -0.39 is 0 Å². The molecule has 2 saturated carbocycles. The third-order valence-corrected chi connectivity index (χ3v) is 26.4. The van der Waals surface area contributed by atoms with Gasteiger partial charge in [0.25, 0.3) is 0 Å². The Bertz CT molecular complexity index is 2310. The van der Waals surface area contributed by atoms with Crippen LogP contribution < -0.4 is 0 Å². The molecule has 0 aromatic rings. The predicted molar refractivity (Wildman–Crippen MR) is 534 cm³/mol. The first-order valence-corrected chi connectivity index (χ1v) is 44.7. The first-order valence-electron chi connectivity index (χ1n) is 43.5. The van der Waals surface area contributed by atoms with Crippen molar-refractivity contribution in [1.82, 2.24) is 39.2 Å². The Morgan fingerprint density at radius 2 is 0.781 bits per heavy atom. The van der Waals surface area contributed by atoms with Gasteiger partial charge in [0.05, 0.1) is 13.3 Å². The topological polar surface area (TPSA) is 35.2 Å². The van der Waals surface area contributed by atoms with Crippen LogP contribution in [0.1, 0.15) is 450 Å². The molecule has 8 unspecified atom stereocenters. The lowest BCUT2D eigenvalue weighted by molar-refractivity contribution is -0.0530. The lowest BCUT2D eigenvalue weighted by atomic mass is 9.76. The third kappa shape index (κ3) is 38.9. The minimum absolute atomic E-state index is 0. The largest absolute Gasteiger partial charge is 0.364 e. The van der Waals surface area contributed by atoms with E-state index in [0.717, 1.165) is 104 Å². The van der Waals surface area contributed by atoms with Crippen LogP contribution in [0.3, 0.4) is 0 Å². The van der Waals surface area contributed by atoms with Gasteiger partial charge in [-0.25, -0.2) is 0 Å². The molecule has 0 radical (unpaired) electrons. The van der Waals surface area contributed by atoms with Gasteiger partial charge >= 0.3 is 0 Å². The maximum absolute atomic E-state index is 5.55. The molecule has 698 valence electrons. The van der Waals surface area contributed by atoms with Crippen molar-refractivity contribution >= 4 is 11.8 Å². The van der Waals surface area contributed by atoms with Crippen molar-refractivity contribution < 1.29 is 4.74 Å². The second kappa shape index (κ2) is 50.0. The quantitative estimate of drug-likeness (QED) is 0.254. The number of thioether (sulfide) groups is 1. The summed E-state index contributed by atoms with van der Waals surface area (Å²) in [6.45, 7) is 111. The zero-order valence-corrected chi connectivity index (χ0v) is 79.7. The fraction of sp³-hybridized carbons (Fsp3) is 0.981. The number of hydrogen-bond donors (Lipinski definition) is 0. The first kappa shape index (κ1) is 129. The molecular formula is C104H230N8OS. The molecule has 10 heteroatoms. The molecule has 9 nitrogen and oxygen atoms in total. The van der Waals surface area contributed by atoms with Gasteiger partial charge in [-0.2, -0.15) is 0 Å². The van der Waals surface area contributed by atoms with Crippen LogP contribution in [-0.2, 0) is 4.74 Å². The van der Waals surface area contributed by atoms with E-state index in [1.54, 1.807) is 0 Å². The standard InChI is InChI=1S/C15H29N.C13H27N.C12H23N.C11H23NO.C11H23NS.C11H21N.C11H23N.C10H21N.10CH4/c1-14(2,3)13-10-11-8-7-9-12(11)16(13)15(4,5)6;1-12(2,3)11-9-7-8-10-14(11)13(4,5)6;1-11(2,3)10-8-7-9-13(10)12(4,5)6;2*1-10(2,3)9-7-13-8-12(9)11(4,5)6;1-7(2)11-10-5-9(10)6-12(11)8(3)4;1-10(2,3)9-7-8-12(9)11(4,5)6;1-8(2)10-6-5-7-11(10)9(3)4;;;;;;;;;;/h11-13H,7-10H2,1-6H3;11H,7-10H2,1-6H3;7-8,10H,9H2,1-6H3;2*9H,7-8H2,1-6H3;7-11H,5-6H2,1-4H3;9H,7-8H2,1-6H3;8-10H,5-7H2,1-4H3;10*1H4/t;;;;;9-,10-,11+;;10-;;;;;;;;;;/m.....0.0........../s1. The summed E-state index contributed by atoms with van der Waals surface area (Å²) in [5, 5.41) is 0. The molecule has 10 rings (SSSR count). The number of rotatable bonds is 4. The summed E-state index contributed by atoms with van der Waals surface area (Å²) >= 11 is 2.07. The SMILES string of the molecule is C.C.C.C.C.C.C.C.C.C.CC(C)(C)C1C=CCN1C(C)(C)C.CC(C)(C)C1CC2CCCC2N1C(C)(C)C.CC(C)(C)C1CCCCN1C(C)(C)C.CC(C)(C)C1CCN1C(C)(C)C.CC(C)(C)C1COCN1C(C)(C)C.CC(C)(C)C1CSCN1C(C)(C)C.CC(C)[C@@H]1CCCN1C(C)C.CC(C)[C@@H]1[C@H]2C[C@H]2CN1C(C)C. The van der Waals surface area contributed by atoms with Crippen LogP contribution >= 0.6 is 11.8 Å². The highest BCUT2D eigenvalue weighted by Gasteiger charge is 2.54. The summed E-state index contributed by atoms with van der Waals surface area (Å²) in [6.07, 6.45) is 20.3. The molecule has 9 fully saturated rings. The summed E-state index contributed by atoms with van der Waals surface area (Å²) in [5.41, 5.74) is 4.21. The lowest BCUT2D eigenvalue weighted by Gasteiger charge is -2.55. The maximum Gasteiger partial charge on any atom is 0.0998 e. The smallest absolute Gasteiger partial charge is 0.0998 e. The van der Waals surface area contributed by atoms with E-state index in [4.69, 9.17) is 4.74 Å². The molecule has 0 spiro atoms. The fourth-order valence-corrected chi connectivity index (χ4v) is 21.3. The van der Waals surface area contributed by atoms with Crippen LogP contribution in [0, 0.1) is 62.1 Å². The minimum Gasteiger partial charge on any atom is -0.364 e. The van der Waals surface area contributed by atoms with Gasteiger partial charge in [-0.05, 0) is 285 Å². The highest BCUT2D eigenvalue weighted by molar-refractivity contribution is 7.99. The Kier molecular flexibility index (Phi) is 56.7. The van der Waals surface area contributed by atoms with Crippen molar-refractivity contribution in [3.8, 4) is 0 Å². The summed E-state index contributed by atoms with van der Waals surface area (Å²) in [4.78, 5) is 21.2. The van der Waals surface area contributed by atoms with Crippen molar-refractivity contribution in [2.24, 2.45) is 62.1 Å². The van der Waals surface area contributed by atoms with Crippen molar-refractivity contribution in [1.29, 1.82) is 0 Å². The average molecular weight is 1640 g/mol. The van der Waals surface area contributed by atoms with Crippen LogP contribution in [0.15, 0.2) is 12.2 Å². The van der Waals surface area contributed by atoms with Gasteiger partial charge < -0.3 is 4.74 Å². The molecule has 8 aliphatic heterocycles. The molecule has 8 heterocycles. The normalized spacial score (nSPS) is 27.2. The molecule has 7 saturated heterocycles. The van der Waals surface area contributed by atoms with Crippen molar-refractivity contribution in [2.45, 2.75) is 549 Å². The monoisotopic (exact) mass is 1640 g/mol. The number of hydrogen-bond acceptors (Lipinski definition) is 10. The molecule has 114 heavy (non-hydrogen) atoms. The number of fused-ring (bicyclic) bond motifs is 2. The van der Waals surface area contributed by atoms with Gasteiger partial charge in [-0.1, -0.05) is 252 Å². The Labute approximate surface area is 732 Å². The number of likely N-dealkylation sites (tertiary alicyclic amines) is 5. The second-order valence-electron chi connectivity index (χ2n) is 48.3. The molecule has 0 amide bonds. The van der Waals surface area contributed by atoms with Crippen molar-refractivity contribution in [3.05, 3.63) is 12.2 Å². The van der Waals surface area contributed by atoms with E-state index in [-0.39, 0.29) is 85.3 Å². The highest BCUT2D eigenvalue weighted by Crippen LogP contribution is 2.53. The van der Waals surface area contributed by atoms with E-state index in [1.807, 2.05) is 0 Å². The van der Waals surface area contributed by atoms with Crippen LogP contribution in [0.2, 0.25) is 0 Å². The Hall–Kier alpha value is -0.270. The van der Waals surface area contributed by atoms with Crippen LogP contribution in [0.5, 0.6) is 0 Å². The van der Waals surface area contributed by atoms with Crippen molar-refractivity contribution in [3.63, 3.8) is 0 Å². The third-order valence-electron chi connectivity index (χ3n) is 25.4. The zero-order chi connectivity index (χ0) is 80.8. The van der Waals surface area contributed by atoms with Gasteiger partial charge in [0.15, 0.2) is 0 Å². The summed E-state index contributed by atoms with van der Waals surface area (Å²) in [7, 11) is 0. The van der Waals surface area contributed by atoms with E-state index in [9.17, 15) is 0 Å². The zero-order valence-electron chi connectivity index (χ0n) is 78.9. The van der Waals surface area contributed by atoms with Crippen LogP contribution in [0.4, 0.5) is 0 Å². The van der Waals surface area contributed by atoms with Gasteiger partial charge in [0.2, 0.25) is 0 Å². The second-order valence-corrected chi connectivity index (χ2v) is 49.3. The molecule has 0 bridgehead atoms. The van der Waals surface area contributed by atoms with E-state index >= 15 is 0 Å². The molecule has 0 aromatic heterocycles.